The molecular weight excluding hydrogens is 761 g/mol. The van der Waals surface area contributed by atoms with Crippen molar-refractivity contribution in [2.45, 2.75) is 0 Å². The smallest absolute Gasteiger partial charge is 0.235 e. The molecule has 5 heteroatoms. The van der Waals surface area contributed by atoms with Gasteiger partial charge in [-0.15, -0.1) is 11.3 Å². The van der Waals surface area contributed by atoms with Crippen molar-refractivity contribution in [3.63, 3.8) is 0 Å². The van der Waals surface area contributed by atoms with Gasteiger partial charge in [-0.05, 0) is 92.8 Å². The number of aromatic nitrogens is 4. The average molecular weight is 795 g/mol. The molecule has 61 heavy (non-hydrogen) atoms. The Morgan fingerprint density at radius 1 is 0.361 bits per heavy atom. The van der Waals surface area contributed by atoms with Crippen LogP contribution in [0.2, 0.25) is 0 Å². The van der Waals surface area contributed by atoms with Crippen LogP contribution in [0.25, 0.3) is 120 Å². The van der Waals surface area contributed by atoms with E-state index in [4.69, 9.17) is 9.97 Å². The third-order valence-electron chi connectivity index (χ3n) is 12.3. The summed E-state index contributed by atoms with van der Waals surface area (Å²) in [6, 6.07) is 74.4. The van der Waals surface area contributed by atoms with Crippen LogP contribution < -0.4 is 0 Å². The van der Waals surface area contributed by atoms with E-state index in [2.05, 4.69) is 215 Å². The second-order valence-corrected chi connectivity index (χ2v) is 16.8. The van der Waals surface area contributed by atoms with E-state index in [9.17, 15) is 0 Å². The lowest BCUT2D eigenvalue weighted by molar-refractivity contribution is 1.02. The highest BCUT2D eigenvalue weighted by Gasteiger charge is 2.22. The second-order valence-electron chi connectivity index (χ2n) is 15.8. The van der Waals surface area contributed by atoms with Crippen molar-refractivity contribution < 1.29 is 0 Å². The van der Waals surface area contributed by atoms with Gasteiger partial charge in [-0.25, -0.2) is 9.97 Å². The van der Waals surface area contributed by atoms with E-state index in [1.807, 2.05) is 0 Å². The van der Waals surface area contributed by atoms with Gasteiger partial charge in [0.2, 0.25) is 5.95 Å². The summed E-state index contributed by atoms with van der Waals surface area (Å²) in [4.78, 5) is 12.1. The molecule has 0 bridgehead atoms. The van der Waals surface area contributed by atoms with Gasteiger partial charge in [0.25, 0.3) is 0 Å². The fourth-order valence-corrected chi connectivity index (χ4v) is 10.6. The molecule has 0 N–H and O–H groups in total. The molecule has 0 saturated carbocycles. The summed E-state index contributed by atoms with van der Waals surface area (Å²) in [5, 5.41) is 9.72. The van der Waals surface area contributed by atoms with Gasteiger partial charge in [0.05, 0.1) is 38.0 Å². The first-order chi connectivity index (χ1) is 30.2. The highest BCUT2D eigenvalue weighted by atomic mass is 32.1. The zero-order valence-corrected chi connectivity index (χ0v) is 33.6. The van der Waals surface area contributed by atoms with Crippen LogP contribution in [0.3, 0.4) is 0 Å². The van der Waals surface area contributed by atoms with E-state index < -0.39 is 0 Å². The first kappa shape index (κ1) is 34.0. The Bertz CT molecular complexity index is 3860. The van der Waals surface area contributed by atoms with E-state index in [0.29, 0.717) is 5.95 Å². The van der Waals surface area contributed by atoms with Gasteiger partial charge in [-0.1, -0.05) is 152 Å². The maximum absolute atomic E-state index is 5.49. The number of hydrogen-bond acceptors (Lipinski definition) is 3. The molecule has 9 aromatic carbocycles. The molecule has 0 aliphatic heterocycles. The SMILES string of the molecule is c1ccc(-c2cc3nc(-n4c5cc(-c6ccc7c(c6)c6cc8ccccc8cc6n7-c6ccccc6)ccc5c5c6ccccc6ccc54)nc(-c4ccccc4)c3s2)cc1. The molecule has 284 valence electrons. The third-order valence-corrected chi connectivity index (χ3v) is 13.5. The van der Waals surface area contributed by atoms with E-state index in [1.165, 1.54) is 64.6 Å². The summed E-state index contributed by atoms with van der Waals surface area (Å²) >= 11 is 1.75. The number of hydrogen-bond donors (Lipinski definition) is 0. The van der Waals surface area contributed by atoms with Crippen LogP contribution in [-0.2, 0) is 0 Å². The third kappa shape index (κ3) is 5.31. The van der Waals surface area contributed by atoms with Crippen LogP contribution in [0.1, 0.15) is 0 Å². The van der Waals surface area contributed by atoms with Crippen LogP contribution in [0, 0.1) is 0 Å². The number of fused-ring (bicyclic) bond motifs is 10. The first-order valence-corrected chi connectivity index (χ1v) is 21.5. The fraction of sp³-hybridized carbons (Fsp3) is 0. The zero-order valence-electron chi connectivity index (χ0n) is 32.8. The summed E-state index contributed by atoms with van der Waals surface area (Å²) in [6.07, 6.45) is 0. The molecule has 4 nitrogen and oxygen atoms in total. The normalized spacial score (nSPS) is 11.9. The summed E-state index contributed by atoms with van der Waals surface area (Å²) in [5.41, 5.74) is 12.1. The maximum Gasteiger partial charge on any atom is 0.235 e. The largest absolute Gasteiger partial charge is 0.309 e. The minimum atomic E-state index is 0.657. The Hall–Kier alpha value is -7.86. The van der Waals surface area contributed by atoms with Crippen LogP contribution in [0.5, 0.6) is 0 Å². The van der Waals surface area contributed by atoms with Crippen molar-refractivity contribution in [2.75, 3.05) is 0 Å². The molecule has 13 rings (SSSR count). The number of rotatable bonds is 5. The highest BCUT2D eigenvalue weighted by Crippen LogP contribution is 2.43. The van der Waals surface area contributed by atoms with Gasteiger partial charge >= 0.3 is 0 Å². The second kappa shape index (κ2) is 13.3. The molecule has 13 aromatic rings. The van der Waals surface area contributed by atoms with Gasteiger partial charge in [-0.3, -0.25) is 4.57 Å². The van der Waals surface area contributed by atoms with Crippen molar-refractivity contribution in [1.29, 1.82) is 0 Å². The zero-order chi connectivity index (χ0) is 40.0. The first-order valence-electron chi connectivity index (χ1n) is 20.6. The summed E-state index contributed by atoms with van der Waals surface area (Å²) in [7, 11) is 0. The van der Waals surface area contributed by atoms with Crippen molar-refractivity contribution in [3.05, 3.63) is 206 Å². The van der Waals surface area contributed by atoms with Crippen molar-refractivity contribution in [3.8, 4) is 44.5 Å². The highest BCUT2D eigenvalue weighted by molar-refractivity contribution is 7.22. The van der Waals surface area contributed by atoms with E-state index in [-0.39, 0.29) is 0 Å². The molecule has 0 aliphatic rings. The predicted molar refractivity (Wildman–Crippen MR) is 257 cm³/mol. The van der Waals surface area contributed by atoms with Gasteiger partial charge in [-0.2, -0.15) is 0 Å². The van der Waals surface area contributed by atoms with Gasteiger partial charge in [0.1, 0.15) is 0 Å². The summed E-state index contributed by atoms with van der Waals surface area (Å²) < 4.78 is 5.77. The maximum atomic E-state index is 5.49. The van der Waals surface area contributed by atoms with Crippen molar-refractivity contribution in [2.24, 2.45) is 0 Å². The molecule has 4 heterocycles. The molecular formula is C56H34N4S. The molecule has 0 unspecified atom stereocenters. The molecule has 0 atom stereocenters. The lowest BCUT2D eigenvalue weighted by Crippen LogP contribution is -2.02. The van der Waals surface area contributed by atoms with E-state index in [0.717, 1.165) is 49.3 Å². The van der Waals surface area contributed by atoms with E-state index >= 15 is 0 Å². The molecule has 0 amide bonds. The quantitative estimate of drug-likeness (QED) is 0.174. The average Bonchev–Trinajstić information content (AvgIpc) is 4.01. The molecule has 0 fully saturated rings. The van der Waals surface area contributed by atoms with Crippen LogP contribution in [0.4, 0.5) is 0 Å². The Morgan fingerprint density at radius 2 is 0.984 bits per heavy atom. The number of benzene rings is 9. The Morgan fingerprint density at radius 3 is 1.79 bits per heavy atom. The van der Waals surface area contributed by atoms with Gasteiger partial charge < -0.3 is 4.57 Å². The fourth-order valence-electron chi connectivity index (χ4n) is 9.48. The standard InChI is InChI=1S/C56H34N4S/c1-4-15-36(16-5-1)52-34-47-55(61-52)54(37-17-6-2-7-18-37)58-56(57-47)60-49-29-25-35-14-12-13-23-43(35)53(49)44-27-24-41(33-50(44)60)40-26-28-48-45(31-40)46-30-38-19-10-11-20-39(38)32-51(46)59(48)42-21-8-3-9-22-42/h1-34H. The molecule has 0 spiro atoms. The minimum Gasteiger partial charge on any atom is -0.309 e. The van der Waals surface area contributed by atoms with E-state index in [1.54, 1.807) is 11.3 Å². The Balaban J connectivity index is 1.08. The van der Waals surface area contributed by atoms with Crippen molar-refractivity contribution >= 4 is 86.7 Å². The lowest BCUT2D eigenvalue weighted by atomic mass is 9.99. The van der Waals surface area contributed by atoms with Crippen LogP contribution in [-0.4, -0.2) is 19.1 Å². The molecule has 4 aromatic heterocycles. The topological polar surface area (TPSA) is 35.6 Å². The number of thiophene rings is 1. The summed E-state index contributed by atoms with van der Waals surface area (Å²) in [6.45, 7) is 0. The molecule has 0 saturated heterocycles. The van der Waals surface area contributed by atoms with Crippen LogP contribution in [0.15, 0.2) is 206 Å². The van der Waals surface area contributed by atoms with Gasteiger partial charge in [0.15, 0.2) is 0 Å². The summed E-state index contributed by atoms with van der Waals surface area (Å²) in [5.74, 6) is 0.657. The van der Waals surface area contributed by atoms with Crippen molar-refractivity contribution in [1.82, 2.24) is 19.1 Å². The molecule has 0 aliphatic carbocycles. The minimum absolute atomic E-state index is 0.657. The van der Waals surface area contributed by atoms with Gasteiger partial charge in [0, 0.05) is 37.7 Å². The molecule has 0 radical (unpaired) electrons. The number of para-hydroxylation sites is 1. The Kier molecular flexibility index (Phi) is 7.44. The lowest BCUT2D eigenvalue weighted by Gasteiger charge is -2.11. The van der Waals surface area contributed by atoms with Crippen LogP contribution >= 0.6 is 11.3 Å². The predicted octanol–water partition coefficient (Wildman–Crippen LogP) is 15.2. The number of nitrogens with zero attached hydrogens (tertiary/aromatic N) is 4. The monoisotopic (exact) mass is 794 g/mol. The Labute approximate surface area is 354 Å².